The molecule has 2 aromatic heterocycles. The molecule has 1 amide bonds. The highest BCUT2D eigenvalue weighted by molar-refractivity contribution is 7.10. The fourth-order valence-corrected chi connectivity index (χ4v) is 2.84. The number of hydrogen-bond donors (Lipinski definition) is 1. The van der Waals surface area contributed by atoms with Crippen LogP contribution in [-0.2, 0) is 22.5 Å². The average molecular weight is 307 g/mol. The summed E-state index contributed by atoms with van der Waals surface area (Å²) in [6, 6.07) is 2.09. The molecule has 0 unspecified atom stereocenters. The number of carbonyl (C=O) groups is 1. The van der Waals surface area contributed by atoms with Gasteiger partial charge in [0.1, 0.15) is 0 Å². The average Bonchev–Trinajstić information content (AvgIpc) is 3.12. The van der Waals surface area contributed by atoms with E-state index in [1.165, 1.54) is 10.4 Å². The van der Waals surface area contributed by atoms with E-state index in [2.05, 4.69) is 28.7 Å². The van der Waals surface area contributed by atoms with Crippen LogP contribution in [0.1, 0.15) is 16.9 Å². The predicted octanol–water partition coefficient (Wildman–Crippen LogP) is 2.02. The monoisotopic (exact) mass is 307 g/mol. The molecule has 2 rings (SSSR count). The Morgan fingerprint density at radius 2 is 2.38 bits per heavy atom. The Bertz CT molecular complexity index is 537. The molecule has 0 saturated heterocycles. The third-order valence-corrected chi connectivity index (χ3v) is 4.25. The van der Waals surface area contributed by atoms with E-state index in [1.807, 2.05) is 10.8 Å². The minimum Gasteiger partial charge on any atom is -0.378 e. The maximum atomic E-state index is 11.7. The van der Waals surface area contributed by atoms with E-state index in [0.29, 0.717) is 26.2 Å². The molecule has 0 saturated carbocycles. The molecule has 0 aromatic carbocycles. The summed E-state index contributed by atoms with van der Waals surface area (Å²) in [6.07, 6.45) is 6.76. The molecule has 0 aliphatic rings. The largest absolute Gasteiger partial charge is 0.378 e. The van der Waals surface area contributed by atoms with Gasteiger partial charge in [0.15, 0.2) is 0 Å². The van der Waals surface area contributed by atoms with E-state index in [0.717, 1.165) is 13.0 Å². The molecule has 6 heteroatoms. The topological polar surface area (TPSA) is 56.1 Å². The molecular weight excluding hydrogens is 286 g/mol. The number of imidazole rings is 1. The van der Waals surface area contributed by atoms with Crippen LogP contribution in [0.4, 0.5) is 0 Å². The molecule has 21 heavy (non-hydrogen) atoms. The Hall–Kier alpha value is -1.66. The van der Waals surface area contributed by atoms with Crippen molar-refractivity contribution in [1.29, 1.82) is 0 Å². The lowest BCUT2D eigenvalue weighted by Crippen LogP contribution is -2.27. The van der Waals surface area contributed by atoms with E-state index < -0.39 is 0 Å². The van der Waals surface area contributed by atoms with Crippen molar-refractivity contribution < 1.29 is 9.53 Å². The van der Waals surface area contributed by atoms with Crippen LogP contribution in [0.2, 0.25) is 0 Å². The first kappa shape index (κ1) is 15.7. The number of hydrogen-bond acceptors (Lipinski definition) is 4. The van der Waals surface area contributed by atoms with Crippen molar-refractivity contribution in [2.45, 2.75) is 26.3 Å². The number of amides is 1. The lowest BCUT2D eigenvalue weighted by Gasteiger charge is -2.07. The molecule has 0 atom stereocenters. The number of aromatic nitrogens is 2. The molecule has 1 N–H and O–H groups in total. The Morgan fingerprint density at radius 1 is 1.48 bits per heavy atom. The summed E-state index contributed by atoms with van der Waals surface area (Å²) in [5.74, 6) is 0.0843. The lowest BCUT2D eigenvalue weighted by molar-refractivity contribution is -0.121. The lowest BCUT2D eigenvalue weighted by atomic mass is 10.2. The number of ether oxygens (including phenoxy) is 1. The summed E-state index contributed by atoms with van der Waals surface area (Å²) in [5.41, 5.74) is 1.27. The molecule has 0 bridgehead atoms. The van der Waals surface area contributed by atoms with Crippen molar-refractivity contribution in [3.05, 3.63) is 40.6 Å². The number of aryl methyl sites for hydroxylation is 2. The summed E-state index contributed by atoms with van der Waals surface area (Å²) in [5, 5.41) is 4.95. The van der Waals surface area contributed by atoms with Crippen molar-refractivity contribution in [3.8, 4) is 0 Å². The first-order valence-electron chi connectivity index (χ1n) is 7.09. The molecule has 2 aromatic rings. The Balaban J connectivity index is 1.48. The first-order valence-corrected chi connectivity index (χ1v) is 7.97. The van der Waals surface area contributed by atoms with Gasteiger partial charge in [-0.15, -0.1) is 11.3 Å². The molecular formula is C15H21N3O2S. The quantitative estimate of drug-likeness (QED) is 0.721. The molecule has 0 fully saturated rings. The number of thiophene rings is 1. The summed E-state index contributed by atoms with van der Waals surface area (Å²) in [7, 11) is 0. The second-order valence-electron chi connectivity index (χ2n) is 4.79. The minimum atomic E-state index is 0.0843. The van der Waals surface area contributed by atoms with Crippen molar-refractivity contribution >= 4 is 17.2 Å². The van der Waals surface area contributed by atoms with Gasteiger partial charge in [0, 0.05) is 36.8 Å². The van der Waals surface area contributed by atoms with Gasteiger partial charge in [-0.1, -0.05) is 0 Å². The Kier molecular flexibility index (Phi) is 6.43. The maximum Gasteiger partial charge on any atom is 0.220 e. The first-order chi connectivity index (χ1) is 10.3. The molecule has 0 spiro atoms. The van der Waals surface area contributed by atoms with Crippen LogP contribution < -0.4 is 5.32 Å². The van der Waals surface area contributed by atoms with E-state index in [4.69, 9.17) is 4.74 Å². The smallest absolute Gasteiger partial charge is 0.220 e. The van der Waals surface area contributed by atoms with Crippen LogP contribution in [0.3, 0.4) is 0 Å². The predicted molar refractivity (Wildman–Crippen MR) is 83.4 cm³/mol. The molecule has 114 valence electrons. The number of rotatable bonds is 9. The van der Waals surface area contributed by atoms with Gasteiger partial charge in [0.25, 0.3) is 0 Å². The summed E-state index contributed by atoms with van der Waals surface area (Å²) in [4.78, 5) is 16.9. The second-order valence-corrected chi connectivity index (χ2v) is 5.79. The molecule has 5 nitrogen and oxygen atoms in total. The maximum absolute atomic E-state index is 11.7. The van der Waals surface area contributed by atoms with Crippen molar-refractivity contribution in [3.63, 3.8) is 0 Å². The summed E-state index contributed by atoms with van der Waals surface area (Å²) >= 11 is 1.71. The van der Waals surface area contributed by atoms with Gasteiger partial charge in [0.2, 0.25) is 5.91 Å². The van der Waals surface area contributed by atoms with Crippen molar-refractivity contribution in [2.24, 2.45) is 0 Å². The van der Waals surface area contributed by atoms with Gasteiger partial charge < -0.3 is 14.6 Å². The highest BCUT2D eigenvalue weighted by atomic mass is 32.1. The highest BCUT2D eigenvalue weighted by Crippen LogP contribution is 2.17. The zero-order chi connectivity index (χ0) is 14.9. The highest BCUT2D eigenvalue weighted by Gasteiger charge is 2.04. The normalized spacial score (nSPS) is 10.7. The van der Waals surface area contributed by atoms with Crippen molar-refractivity contribution in [1.82, 2.24) is 14.9 Å². The molecule has 0 radical (unpaired) electrons. The zero-order valence-electron chi connectivity index (χ0n) is 12.2. The minimum absolute atomic E-state index is 0.0843. The Labute approximate surface area is 129 Å². The van der Waals surface area contributed by atoms with Gasteiger partial charge in [-0.05, 0) is 30.4 Å². The van der Waals surface area contributed by atoms with Gasteiger partial charge in [-0.25, -0.2) is 4.98 Å². The third-order valence-electron chi connectivity index (χ3n) is 3.17. The standard InChI is InChI=1S/C15H21N3O2S/c1-13-4-11-21-14(13)2-3-15(19)17-6-9-20-10-8-18-7-5-16-12-18/h4-5,7,11-12H,2-3,6,8-10H2,1H3,(H,17,19). The third kappa shape index (κ3) is 5.69. The fraction of sp³-hybridized carbons (Fsp3) is 0.467. The summed E-state index contributed by atoms with van der Waals surface area (Å²) in [6.45, 7) is 4.59. The Morgan fingerprint density at radius 3 is 3.10 bits per heavy atom. The van der Waals surface area contributed by atoms with E-state index >= 15 is 0 Å². The van der Waals surface area contributed by atoms with Crippen LogP contribution in [-0.4, -0.2) is 35.2 Å². The molecule has 0 aliphatic heterocycles. The number of nitrogens with one attached hydrogen (secondary N) is 1. The van der Waals surface area contributed by atoms with Gasteiger partial charge in [-0.2, -0.15) is 0 Å². The van der Waals surface area contributed by atoms with E-state index in [1.54, 1.807) is 23.9 Å². The number of carbonyl (C=O) groups excluding carboxylic acids is 1. The van der Waals surface area contributed by atoms with Crippen molar-refractivity contribution in [2.75, 3.05) is 19.8 Å². The van der Waals surface area contributed by atoms with Crippen LogP contribution in [0.15, 0.2) is 30.2 Å². The van der Waals surface area contributed by atoms with E-state index in [9.17, 15) is 4.79 Å². The molecule has 2 heterocycles. The molecule has 0 aliphatic carbocycles. The van der Waals surface area contributed by atoms with Gasteiger partial charge >= 0.3 is 0 Å². The zero-order valence-corrected chi connectivity index (χ0v) is 13.1. The van der Waals surface area contributed by atoms with Crippen LogP contribution in [0.25, 0.3) is 0 Å². The van der Waals surface area contributed by atoms with Crippen LogP contribution in [0.5, 0.6) is 0 Å². The van der Waals surface area contributed by atoms with Gasteiger partial charge in [-0.3, -0.25) is 4.79 Å². The van der Waals surface area contributed by atoms with Crippen LogP contribution in [0, 0.1) is 6.92 Å². The van der Waals surface area contributed by atoms with Crippen LogP contribution >= 0.6 is 11.3 Å². The summed E-state index contributed by atoms with van der Waals surface area (Å²) < 4.78 is 7.43. The van der Waals surface area contributed by atoms with Gasteiger partial charge in [0.05, 0.1) is 19.5 Å². The van der Waals surface area contributed by atoms with E-state index in [-0.39, 0.29) is 5.91 Å². The SMILES string of the molecule is Cc1ccsc1CCC(=O)NCCOCCn1ccnc1. The number of nitrogens with zero attached hydrogens (tertiary/aromatic N) is 2. The second kappa shape index (κ2) is 8.59. The fourth-order valence-electron chi connectivity index (χ4n) is 1.93.